The maximum atomic E-state index is 8.89. The fourth-order valence-electron chi connectivity index (χ4n) is 2.48. The minimum absolute atomic E-state index is 0.282. The molecule has 1 aliphatic rings. The lowest BCUT2D eigenvalue weighted by atomic mass is 9.86. The predicted octanol–water partition coefficient (Wildman–Crippen LogP) is 3.97. The summed E-state index contributed by atoms with van der Waals surface area (Å²) in [5.41, 5.74) is 1.26. The van der Waals surface area contributed by atoms with Crippen molar-refractivity contribution in [3.8, 4) is 6.07 Å². The van der Waals surface area contributed by atoms with E-state index in [1.165, 1.54) is 5.69 Å². The molecular weight excluding hydrogens is 276 g/mol. The summed E-state index contributed by atoms with van der Waals surface area (Å²) in [7, 11) is 2.15. The van der Waals surface area contributed by atoms with E-state index in [4.69, 9.17) is 5.26 Å². The molecule has 1 fully saturated rings. The normalized spacial score (nSPS) is 24.1. The first-order chi connectivity index (χ1) is 8.20. The van der Waals surface area contributed by atoms with Crippen LogP contribution in [-0.2, 0) is 0 Å². The summed E-state index contributed by atoms with van der Waals surface area (Å²) < 4.78 is 1.11. The summed E-state index contributed by atoms with van der Waals surface area (Å²) in [6, 6.07) is 11.4. The lowest BCUT2D eigenvalue weighted by molar-refractivity contribution is 0.372. The van der Waals surface area contributed by atoms with Crippen molar-refractivity contribution in [2.45, 2.75) is 31.7 Å². The molecule has 17 heavy (non-hydrogen) atoms. The Morgan fingerprint density at radius 2 is 1.76 bits per heavy atom. The molecule has 3 heteroatoms. The molecule has 0 heterocycles. The van der Waals surface area contributed by atoms with E-state index in [0.29, 0.717) is 6.04 Å². The predicted molar refractivity (Wildman–Crippen MR) is 73.9 cm³/mol. The number of nitriles is 1. The second-order valence-electron chi connectivity index (χ2n) is 4.72. The number of halogens is 1. The lowest BCUT2D eigenvalue weighted by Gasteiger charge is -2.34. The van der Waals surface area contributed by atoms with Gasteiger partial charge >= 0.3 is 0 Å². The van der Waals surface area contributed by atoms with Gasteiger partial charge in [-0.1, -0.05) is 15.9 Å². The van der Waals surface area contributed by atoms with E-state index in [1.807, 2.05) is 0 Å². The first kappa shape index (κ1) is 12.4. The lowest BCUT2D eigenvalue weighted by Crippen LogP contribution is -2.34. The minimum atomic E-state index is 0.282. The maximum absolute atomic E-state index is 8.89. The van der Waals surface area contributed by atoms with Gasteiger partial charge < -0.3 is 4.90 Å². The van der Waals surface area contributed by atoms with Crippen molar-refractivity contribution in [2.75, 3.05) is 11.9 Å². The quantitative estimate of drug-likeness (QED) is 0.825. The van der Waals surface area contributed by atoms with Gasteiger partial charge in [0.15, 0.2) is 0 Å². The van der Waals surface area contributed by atoms with Gasteiger partial charge in [0.2, 0.25) is 0 Å². The molecule has 2 nitrogen and oxygen atoms in total. The number of anilines is 1. The van der Waals surface area contributed by atoms with Gasteiger partial charge in [0.05, 0.1) is 6.07 Å². The standard InChI is InChI=1S/C14H17BrN2/c1-17(14-8-4-12(15)5-9-14)13-6-2-11(10-16)3-7-13/h4-5,8-9,11,13H,2-3,6-7H2,1H3. The van der Waals surface area contributed by atoms with E-state index in [1.54, 1.807) is 0 Å². The highest BCUT2D eigenvalue weighted by Crippen LogP contribution is 2.29. The molecule has 0 aromatic heterocycles. The molecular formula is C14H17BrN2. The molecule has 1 aliphatic carbocycles. The summed E-state index contributed by atoms with van der Waals surface area (Å²) in [5.74, 6) is 0.282. The molecule has 0 radical (unpaired) electrons. The van der Waals surface area contributed by atoms with E-state index < -0.39 is 0 Å². The van der Waals surface area contributed by atoms with E-state index >= 15 is 0 Å². The summed E-state index contributed by atoms with van der Waals surface area (Å²) in [5, 5.41) is 8.89. The molecule has 2 rings (SSSR count). The van der Waals surface area contributed by atoms with Crippen LogP contribution >= 0.6 is 15.9 Å². The first-order valence-corrected chi connectivity index (χ1v) is 6.88. The zero-order chi connectivity index (χ0) is 12.3. The van der Waals surface area contributed by atoms with Gasteiger partial charge in [-0.3, -0.25) is 0 Å². The van der Waals surface area contributed by atoms with Gasteiger partial charge in [-0.25, -0.2) is 0 Å². The highest BCUT2D eigenvalue weighted by atomic mass is 79.9. The van der Waals surface area contributed by atoms with Crippen LogP contribution in [0, 0.1) is 17.2 Å². The average Bonchev–Trinajstić information content (AvgIpc) is 2.39. The minimum Gasteiger partial charge on any atom is -0.372 e. The number of benzene rings is 1. The van der Waals surface area contributed by atoms with Crippen LogP contribution in [0.4, 0.5) is 5.69 Å². The van der Waals surface area contributed by atoms with Crippen molar-refractivity contribution in [1.82, 2.24) is 0 Å². The Hall–Kier alpha value is -1.01. The van der Waals surface area contributed by atoms with Gasteiger partial charge in [0.1, 0.15) is 0 Å². The smallest absolute Gasteiger partial charge is 0.0655 e. The van der Waals surface area contributed by atoms with Crippen molar-refractivity contribution >= 4 is 21.6 Å². The van der Waals surface area contributed by atoms with Crippen LogP contribution in [0.2, 0.25) is 0 Å². The molecule has 0 atom stereocenters. The largest absolute Gasteiger partial charge is 0.372 e. The molecule has 0 spiro atoms. The fraction of sp³-hybridized carbons (Fsp3) is 0.500. The number of hydrogen-bond acceptors (Lipinski definition) is 2. The molecule has 0 amide bonds. The summed E-state index contributed by atoms with van der Waals surface area (Å²) in [6.45, 7) is 0. The van der Waals surface area contributed by atoms with Crippen LogP contribution in [0.1, 0.15) is 25.7 Å². The first-order valence-electron chi connectivity index (χ1n) is 6.08. The fourth-order valence-corrected chi connectivity index (χ4v) is 2.74. The van der Waals surface area contributed by atoms with Crippen molar-refractivity contribution in [3.05, 3.63) is 28.7 Å². The van der Waals surface area contributed by atoms with E-state index in [9.17, 15) is 0 Å². The van der Waals surface area contributed by atoms with E-state index in [2.05, 4.69) is 58.2 Å². The number of nitrogens with zero attached hydrogens (tertiary/aromatic N) is 2. The zero-order valence-electron chi connectivity index (χ0n) is 10.1. The Morgan fingerprint density at radius 3 is 2.29 bits per heavy atom. The van der Waals surface area contributed by atoms with Gasteiger partial charge in [-0.2, -0.15) is 5.26 Å². The number of rotatable bonds is 2. The van der Waals surface area contributed by atoms with Crippen LogP contribution in [0.25, 0.3) is 0 Å². The summed E-state index contributed by atoms with van der Waals surface area (Å²) in [6.07, 6.45) is 4.35. The van der Waals surface area contributed by atoms with Gasteiger partial charge in [-0.15, -0.1) is 0 Å². The molecule has 0 aliphatic heterocycles. The van der Waals surface area contributed by atoms with Crippen LogP contribution in [0.5, 0.6) is 0 Å². The number of hydrogen-bond donors (Lipinski definition) is 0. The Bertz CT molecular complexity index is 399. The highest BCUT2D eigenvalue weighted by Gasteiger charge is 2.23. The second-order valence-corrected chi connectivity index (χ2v) is 5.64. The third-order valence-corrected chi connectivity index (χ3v) is 4.19. The molecule has 90 valence electrons. The average molecular weight is 293 g/mol. The third kappa shape index (κ3) is 3.01. The Balaban J connectivity index is 1.99. The Morgan fingerprint density at radius 1 is 1.18 bits per heavy atom. The SMILES string of the molecule is CN(c1ccc(Br)cc1)C1CCC(C#N)CC1. The van der Waals surface area contributed by atoms with E-state index in [-0.39, 0.29) is 5.92 Å². The van der Waals surface area contributed by atoms with Gasteiger partial charge in [0, 0.05) is 29.2 Å². The highest BCUT2D eigenvalue weighted by molar-refractivity contribution is 9.10. The molecule has 0 N–H and O–H groups in total. The van der Waals surface area contributed by atoms with E-state index in [0.717, 1.165) is 30.2 Å². The zero-order valence-corrected chi connectivity index (χ0v) is 11.7. The van der Waals surface area contributed by atoms with Crippen molar-refractivity contribution in [2.24, 2.45) is 5.92 Å². The van der Waals surface area contributed by atoms with Crippen LogP contribution < -0.4 is 4.90 Å². The van der Waals surface area contributed by atoms with Crippen LogP contribution in [0.15, 0.2) is 28.7 Å². The van der Waals surface area contributed by atoms with Crippen molar-refractivity contribution in [3.63, 3.8) is 0 Å². The molecule has 1 saturated carbocycles. The third-order valence-electron chi connectivity index (χ3n) is 3.66. The van der Waals surface area contributed by atoms with Crippen LogP contribution in [0.3, 0.4) is 0 Å². The van der Waals surface area contributed by atoms with Crippen molar-refractivity contribution < 1.29 is 0 Å². The summed E-state index contributed by atoms with van der Waals surface area (Å²) >= 11 is 3.45. The van der Waals surface area contributed by atoms with Crippen molar-refractivity contribution in [1.29, 1.82) is 5.26 Å². The molecule has 1 aromatic rings. The van der Waals surface area contributed by atoms with Gasteiger partial charge in [0.25, 0.3) is 0 Å². The Kier molecular flexibility index (Phi) is 4.06. The topological polar surface area (TPSA) is 27.0 Å². The Labute approximate surface area is 111 Å². The molecule has 1 aromatic carbocycles. The monoisotopic (exact) mass is 292 g/mol. The molecule has 0 saturated heterocycles. The maximum Gasteiger partial charge on any atom is 0.0655 e. The van der Waals surface area contributed by atoms with Crippen LogP contribution in [-0.4, -0.2) is 13.1 Å². The van der Waals surface area contributed by atoms with Gasteiger partial charge in [-0.05, 0) is 49.9 Å². The molecule has 0 unspecified atom stereocenters. The summed E-state index contributed by atoms with van der Waals surface area (Å²) in [4.78, 5) is 2.35. The second kappa shape index (κ2) is 5.55. The molecule has 0 bridgehead atoms.